The van der Waals surface area contributed by atoms with Crippen molar-refractivity contribution in [2.45, 2.75) is 52.5 Å². The number of nitrogens with zero attached hydrogens (tertiary/aromatic N) is 1. The number of rotatable bonds is 8. The Morgan fingerprint density at radius 3 is 2.21 bits per heavy atom. The van der Waals surface area contributed by atoms with E-state index in [1.165, 1.54) is 10.4 Å². The maximum Gasteiger partial charge on any atom is 0.265 e. The smallest absolute Gasteiger partial charge is 0.265 e. The van der Waals surface area contributed by atoms with Gasteiger partial charge in [0.25, 0.3) is 5.91 Å². The first kappa shape index (κ1) is 22.9. The summed E-state index contributed by atoms with van der Waals surface area (Å²) < 4.78 is 32.9. The van der Waals surface area contributed by atoms with E-state index in [2.05, 4.69) is 5.32 Å². The number of nitrogens with one attached hydrogen (secondary N) is 1. The lowest BCUT2D eigenvalue weighted by molar-refractivity contribution is -0.122. The van der Waals surface area contributed by atoms with E-state index in [4.69, 9.17) is 4.74 Å². The summed E-state index contributed by atoms with van der Waals surface area (Å²) >= 11 is 0. The molecule has 2 aromatic carbocycles. The van der Waals surface area contributed by atoms with Crippen molar-refractivity contribution in [3.05, 3.63) is 53.1 Å². The molecule has 158 valence electrons. The number of sulfonamides is 1. The largest absolute Gasteiger partial charge is 0.481 e. The molecule has 0 saturated carbocycles. The molecular formula is C22H30N2O4S. The molecule has 0 bridgehead atoms. The molecule has 2 rings (SSSR count). The normalized spacial score (nSPS) is 12.7. The minimum absolute atomic E-state index is 0.173. The molecule has 0 unspecified atom stereocenters. The lowest BCUT2D eigenvalue weighted by atomic mass is 10.1. The summed E-state index contributed by atoms with van der Waals surface area (Å²) in [5.41, 5.74) is 3.19. The number of hydrogen-bond donors (Lipinski definition) is 1. The summed E-state index contributed by atoms with van der Waals surface area (Å²) in [6, 6.07) is 10.6. The van der Waals surface area contributed by atoms with Gasteiger partial charge in [0.1, 0.15) is 5.75 Å². The molecule has 0 saturated heterocycles. The molecule has 0 spiro atoms. The van der Waals surface area contributed by atoms with Crippen LogP contribution in [0.15, 0.2) is 41.3 Å². The van der Waals surface area contributed by atoms with Gasteiger partial charge in [0.05, 0.1) is 4.90 Å². The number of anilines is 1. The standard InChI is InChI=1S/C22H30N2O4S/c1-7-24(8-2)29(26,27)20-13-16(4)17(5)21(14-20)23-22(25)18(6)28-19-11-9-15(3)10-12-19/h9-14,18H,7-8H2,1-6H3,(H,23,25)/t18-/m1/s1. The van der Waals surface area contributed by atoms with Gasteiger partial charge in [-0.3, -0.25) is 4.79 Å². The van der Waals surface area contributed by atoms with E-state index in [9.17, 15) is 13.2 Å². The summed E-state index contributed by atoms with van der Waals surface area (Å²) in [6.45, 7) is 11.7. The van der Waals surface area contributed by atoms with Crippen molar-refractivity contribution in [3.8, 4) is 5.75 Å². The van der Waals surface area contributed by atoms with Crippen LogP contribution in [0.2, 0.25) is 0 Å². The summed E-state index contributed by atoms with van der Waals surface area (Å²) in [6.07, 6.45) is -0.736. The highest BCUT2D eigenvalue weighted by Crippen LogP contribution is 2.26. The number of benzene rings is 2. The first-order valence-electron chi connectivity index (χ1n) is 9.75. The number of hydrogen-bond acceptors (Lipinski definition) is 4. The Balaban J connectivity index is 2.26. The van der Waals surface area contributed by atoms with Gasteiger partial charge < -0.3 is 10.1 Å². The highest BCUT2D eigenvalue weighted by Gasteiger charge is 2.24. The Morgan fingerprint density at radius 2 is 1.66 bits per heavy atom. The van der Waals surface area contributed by atoms with E-state index in [-0.39, 0.29) is 10.8 Å². The molecule has 0 aliphatic heterocycles. The average molecular weight is 419 g/mol. The molecule has 0 heterocycles. The van der Waals surface area contributed by atoms with E-state index < -0.39 is 16.1 Å². The molecule has 6 nitrogen and oxygen atoms in total. The zero-order valence-corrected chi connectivity index (χ0v) is 18.8. The van der Waals surface area contributed by atoms with Crippen LogP contribution in [-0.2, 0) is 14.8 Å². The minimum atomic E-state index is -3.62. The molecule has 7 heteroatoms. The molecule has 2 aromatic rings. The van der Waals surface area contributed by atoms with Gasteiger partial charge in [0.15, 0.2) is 6.10 Å². The molecule has 0 fully saturated rings. The van der Waals surface area contributed by atoms with E-state index in [1.54, 1.807) is 26.8 Å². The van der Waals surface area contributed by atoms with Crippen molar-refractivity contribution in [1.29, 1.82) is 0 Å². The van der Waals surface area contributed by atoms with Crippen LogP contribution in [0.25, 0.3) is 0 Å². The first-order chi connectivity index (χ1) is 13.6. The number of ether oxygens (including phenoxy) is 1. The third-order valence-electron chi connectivity index (χ3n) is 4.95. The lowest BCUT2D eigenvalue weighted by Gasteiger charge is -2.21. The molecule has 1 atom stereocenters. The summed E-state index contributed by atoms with van der Waals surface area (Å²) in [7, 11) is -3.62. The minimum Gasteiger partial charge on any atom is -0.481 e. The maximum atomic E-state index is 12.9. The third kappa shape index (κ3) is 5.36. The van der Waals surface area contributed by atoms with Gasteiger partial charge in [-0.1, -0.05) is 31.5 Å². The Bertz CT molecular complexity index is 965. The Labute approximate surface area is 173 Å². The van der Waals surface area contributed by atoms with Crippen molar-refractivity contribution in [1.82, 2.24) is 4.31 Å². The van der Waals surface area contributed by atoms with Crippen LogP contribution >= 0.6 is 0 Å². The molecule has 0 aliphatic rings. The van der Waals surface area contributed by atoms with Gasteiger partial charge in [-0.2, -0.15) is 4.31 Å². The van der Waals surface area contributed by atoms with Crippen molar-refractivity contribution in [2.24, 2.45) is 0 Å². The van der Waals surface area contributed by atoms with E-state index in [0.29, 0.717) is 24.5 Å². The number of carbonyl (C=O) groups excluding carboxylic acids is 1. The summed E-state index contributed by atoms with van der Waals surface area (Å²) in [5.74, 6) is 0.259. The fourth-order valence-electron chi connectivity index (χ4n) is 2.93. The Kier molecular flexibility index (Phi) is 7.43. The molecule has 0 aromatic heterocycles. The number of aryl methyl sites for hydroxylation is 2. The van der Waals surface area contributed by atoms with Crippen LogP contribution in [0.3, 0.4) is 0 Å². The zero-order valence-electron chi connectivity index (χ0n) is 17.9. The molecule has 0 radical (unpaired) electrons. The second-order valence-electron chi connectivity index (χ2n) is 7.06. The predicted molar refractivity (Wildman–Crippen MR) is 116 cm³/mol. The van der Waals surface area contributed by atoms with Crippen molar-refractivity contribution >= 4 is 21.6 Å². The molecule has 0 aliphatic carbocycles. The van der Waals surface area contributed by atoms with Crippen molar-refractivity contribution in [2.75, 3.05) is 18.4 Å². The Morgan fingerprint density at radius 1 is 1.07 bits per heavy atom. The summed E-state index contributed by atoms with van der Waals surface area (Å²) in [4.78, 5) is 12.8. The van der Waals surface area contributed by atoms with Crippen LogP contribution in [-0.4, -0.2) is 37.8 Å². The monoisotopic (exact) mass is 418 g/mol. The van der Waals surface area contributed by atoms with E-state index in [0.717, 1.165) is 16.7 Å². The maximum absolute atomic E-state index is 12.9. The van der Waals surface area contributed by atoms with Gasteiger partial charge in [0, 0.05) is 18.8 Å². The van der Waals surface area contributed by atoms with Gasteiger partial charge >= 0.3 is 0 Å². The van der Waals surface area contributed by atoms with Gasteiger partial charge in [-0.25, -0.2) is 8.42 Å². The second kappa shape index (κ2) is 9.41. The average Bonchev–Trinajstić information content (AvgIpc) is 2.67. The van der Waals surface area contributed by atoms with Gasteiger partial charge in [-0.05, 0) is 63.1 Å². The van der Waals surface area contributed by atoms with Gasteiger partial charge in [0.2, 0.25) is 10.0 Å². The van der Waals surface area contributed by atoms with Crippen LogP contribution < -0.4 is 10.1 Å². The van der Waals surface area contributed by atoms with Crippen molar-refractivity contribution in [3.63, 3.8) is 0 Å². The highest BCUT2D eigenvalue weighted by atomic mass is 32.2. The second-order valence-corrected chi connectivity index (χ2v) is 9.00. The fourth-order valence-corrected chi connectivity index (χ4v) is 4.50. The number of amides is 1. The SMILES string of the molecule is CCN(CC)S(=O)(=O)c1cc(C)c(C)c(NC(=O)[C@@H](C)Oc2ccc(C)cc2)c1. The van der Waals surface area contributed by atoms with Crippen molar-refractivity contribution < 1.29 is 17.9 Å². The Hall–Kier alpha value is -2.38. The third-order valence-corrected chi connectivity index (χ3v) is 6.97. The lowest BCUT2D eigenvalue weighted by Crippen LogP contribution is -2.32. The number of carbonyl (C=O) groups is 1. The molecule has 1 amide bonds. The quantitative estimate of drug-likeness (QED) is 0.702. The topological polar surface area (TPSA) is 75.7 Å². The predicted octanol–water partition coefficient (Wildman–Crippen LogP) is 4.05. The fraction of sp³-hybridized carbons (Fsp3) is 0.409. The molecule has 29 heavy (non-hydrogen) atoms. The van der Waals surface area contributed by atoms with Gasteiger partial charge in [-0.15, -0.1) is 0 Å². The van der Waals surface area contributed by atoms with Crippen LogP contribution in [0, 0.1) is 20.8 Å². The highest BCUT2D eigenvalue weighted by molar-refractivity contribution is 7.89. The molecular weight excluding hydrogens is 388 g/mol. The van der Waals surface area contributed by atoms with E-state index in [1.807, 2.05) is 45.0 Å². The van der Waals surface area contributed by atoms with E-state index >= 15 is 0 Å². The molecule has 1 N–H and O–H groups in total. The summed E-state index contributed by atoms with van der Waals surface area (Å²) in [5, 5.41) is 2.82. The van der Waals surface area contributed by atoms with Crippen LogP contribution in [0.4, 0.5) is 5.69 Å². The zero-order chi connectivity index (χ0) is 21.8. The first-order valence-corrected chi connectivity index (χ1v) is 11.2. The van der Waals surface area contributed by atoms with Crippen LogP contribution in [0.5, 0.6) is 5.75 Å². The van der Waals surface area contributed by atoms with Crippen LogP contribution in [0.1, 0.15) is 37.5 Å².